The van der Waals surface area contributed by atoms with Crippen molar-refractivity contribution in [2.45, 2.75) is 27.7 Å². The number of aromatic nitrogens is 1. The lowest BCUT2D eigenvalue weighted by atomic mass is 10.1. The topological polar surface area (TPSA) is 54.3 Å². The van der Waals surface area contributed by atoms with Crippen molar-refractivity contribution in [1.82, 2.24) is 9.88 Å². The maximum absolute atomic E-state index is 13.6. The molecule has 33 heavy (non-hydrogen) atoms. The van der Waals surface area contributed by atoms with Gasteiger partial charge >= 0.3 is 0 Å². The molecule has 0 atom stereocenters. The van der Waals surface area contributed by atoms with E-state index in [9.17, 15) is 14.0 Å². The molecule has 5 nitrogen and oxygen atoms in total. The number of halogens is 2. The summed E-state index contributed by atoms with van der Waals surface area (Å²) in [5.74, 6) is -1.82. The lowest BCUT2D eigenvalue weighted by molar-refractivity contribution is -0.122. The summed E-state index contributed by atoms with van der Waals surface area (Å²) in [7, 11) is 0. The first kappa shape index (κ1) is 22.9. The number of hydrogen-bond donors (Lipinski definition) is 1. The summed E-state index contributed by atoms with van der Waals surface area (Å²) in [6.45, 7) is 7.99. The van der Waals surface area contributed by atoms with E-state index in [4.69, 9.17) is 23.8 Å². The largest absolute Gasteiger partial charge is 0.318 e. The van der Waals surface area contributed by atoms with Crippen molar-refractivity contribution in [1.29, 1.82) is 0 Å². The molecule has 168 valence electrons. The predicted octanol–water partition coefficient (Wildman–Crippen LogP) is 5.33. The lowest BCUT2D eigenvalue weighted by Gasteiger charge is -2.29. The molecule has 0 spiro atoms. The normalized spacial score (nSPS) is 15.4. The number of hydrogen-bond acceptors (Lipinski definition) is 3. The number of carbonyl (C=O) groups excluding carboxylic acids is 2. The van der Waals surface area contributed by atoms with Crippen molar-refractivity contribution in [3.05, 3.63) is 87.0 Å². The molecule has 1 aromatic heterocycles. The Hall–Kier alpha value is -3.29. The van der Waals surface area contributed by atoms with Crippen LogP contribution in [0, 0.1) is 33.5 Å². The first-order chi connectivity index (χ1) is 15.6. The number of aryl methyl sites for hydroxylation is 3. The van der Waals surface area contributed by atoms with Gasteiger partial charge in [0.2, 0.25) is 0 Å². The Labute approximate surface area is 201 Å². The van der Waals surface area contributed by atoms with E-state index in [0.29, 0.717) is 0 Å². The Morgan fingerprint density at radius 1 is 1.03 bits per heavy atom. The number of amides is 2. The second-order valence-electron chi connectivity index (χ2n) is 8.01. The molecule has 0 saturated carbocycles. The Bertz CT molecular complexity index is 1380. The van der Waals surface area contributed by atoms with Gasteiger partial charge in [0.15, 0.2) is 5.11 Å². The Morgan fingerprint density at radius 2 is 1.76 bits per heavy atom. The minimum Gasteiger partial charge on any atom is -0.318 e. The zero-order valence-electron chi connectivity index (χ0n) is 18.5. The molecular weight excluding hydrogens is 461 g/mol. The molecule has 1 aliphatic rings. The Morgan fingerprint density at radius 3 is 2.42 bits per heavy atom. The second-order valence-corrected chi connectivity index (χ2v) is 8.80. The maximum atomic E-state index is 13.6. The molecular formula is C25H21ClFN3O2S. The minimum atomic E-state index is -0.616. The first-order valence-electron chi connectivity index (χ1n) is 10.2. The van der Waals surface area contributed by atoms with Crippen LogP contribution in [0.1, 0.15) is 28.1 Å². The Kier molecular flexibility index (Phi) is 5.95. The SMILES string of the molecule is Cc1ccc(-n2c(C)cc(/C=C3\C(=O)NC(=S)N(c4ccc(F)c(Cl)c4)C3=O)c2C)c(C)c1. The van der Waals surface area contributed by atoms with Crippen molar-refractivity contribution in [3.63, 3.8) is 0 Å². The van der Waals surface area contributed by atoms with Crippen LogP contribution in [0.15, 0.2) is 48.0 Å². The van der Waals surface area contributed by atoms with Crippen LogP contribution in [0.2, 0.25) is 5.02 Å². The van der Waals surface area contributed by atoms with Gasteiger partial charge < -0.3 is 4.57 Å². The van der Waals surface area contributed by atoms with Gasteiger partial charge in [-0.15, -0.1) is 0 Å². The Balaban J connectivity index is 1.78. The maximum Gasteiger partial charge on any atom is 0.270 e. The molecule has 8 heteroatoms. The van der Waals surface area contributed by atoms with Crippen LogP contribution in [-0.2, 0) is 9.59 Å². The smallest absolute Gasteiger partial charge is 0.270 e. The molecule has 2 amide bonds. The molecule has 0 bridgehead atoms. The summed E-state index contributed by atoms with van der Waals surface area (Å²) in [6.07, 6.45) is 1.56. The highest BCUT2D eigenvalue weighted by Crippen LogP contribution is 2.29. The van der Waals surface area contributed by atoms with Crippen LogP contribution in [0.4, 0.5) is 10.1 Å². The van der Waals surface area contributed by atoms with Crippen molar-refractivity contribution in [2.75, 3.05) is 4.90 Å². The standard InChI is InChI=1S/C25H21ClFN3O2S/c1-13-5-8-22(14(2)9-13)29-15(3)10-17(16(29)4)11-19-23(31)28-25(33)30(24(19)32)18-6-7-21(27)20(26)12-18/h5-12H,1-4H3,(H,28,31,33)/b19-11+. The fourth-order valence-electron chi connectivity index (χ4n) is 4.03. The van der Waals surface area contributed by atoms with Gasteiger partial charge in [0.25, 0.3) is 11.8 Å². The van der Waals surface area contributed by atoms with E-state index in [-0.39, 0.29) is 21.4 Å². The monoisotopic (exact) mass is 481 g/mol. The summed E-state index contributed by atoms with van der Waals surface area (Å²) in [5.41, 5.74) is 6.09. The van der Waals surface area contributed by atoms with Crippen LogP contribution in [-0.4, -0.2) is 21.5 Å². The molecule has 1 aliphatic heterocycles. The summed E-state index contributed by atoms with van der Waals surface area (Å²) in [4.78, 5) is 27.1. The molecule has 2 heterocycles. The molecule has 1 N–H and O–H groups in total. The number of anilines is 1. The second kappa shape index (κ2) is 8.57. The summed E-state index contributed by atoms with van der Waals surface area (Å²) in [5, 5.41) is 2.29. The molecule has 3 aromatic rings. The highest BCUT2D eigenvalue weighted by molar-refractivity contribution is 7.80. The van der Waals surface area contributed by atoms with Gasteiger partial charge in [-0.3, -0.25) is 19.8 Å². The van der Waals surface area contributed by atoms with Gasteiger partial charge in [0.05, 0.1) is 10.7 Å². The van der Waals surface area contributed by atoms with Crippen LogP contribution in [0.5, 0.6) is 0 Å². The molecule has 2 aromatic carbocycles. The third-order valence-electron chi connectivity index (χ3n) is 5.63. The molecule has 0 unspecified atom stereocenters. The highest BCUT2D eigenvalue weighted by atomic mass is 35.5. The van der Waals surface area contributed by atoms with Crippen molar-refractivity contribution < 1.29 is 14.0 Å². The summed E-state index contributed by atoms with van der Waals surface area (Å²) < 4.78 is 15.7. The average molecular weight is 482 g/mol. The molecule has 1 saturated heterocycles. The molecule has 1 fully saturated rings. The predicted molar refractivity (Wildman–Crippen MR) is 132 cm³/mol. The van der Waals surface area contributed by atoms with E-state index in [1.807, 2.05) is 39.8 Å². The third kappa shape index (κ3) is 4.10. The minimum absolute atomic E-state index is 0.0788. The van der Waals surface area contributed by atoms with E-state index in [1.54, 1.807) is 6.08 Å². The van der Waals surface area contributed by atoms with Gasteiger partial charge in [-0.05, 0) is 87.4 Å². The highest BCUT2D eigenvalue weighted by Gasteiger charge is 2.35. The van der Waals surface area contributed by atoms with Gasteiger partial charge in [-0.2, -0.15) is 0 Å². The van der Waals surface area contributed by atoms with E-state index < -0.39 is 17.6 Å². The van der Waals surface area contributed by atoms with Crippen LogP contribution in [0.3, 0.4) is 0 Å². The van der Waals surface area contributed by atoms with Crippen molar-refractivity contribution in [3.8, 4) is 5.69 Å². The van der Waals surface area contributed by atoms with E-state index in [1.165, 1.54) is 17.7 Å². The number of benzene rings is 2. The van der Waals surface area contributed by atoms with Gasteiger partial charge in [0.1, 0.15) is 11.4 Å². The van der Waals surface area contributed by atoms with Crippen molar-refractivity contribution in [2.24, 2.45) is 0 Å². The van der Waals surface area contributed by atoms with Crippen LogP contribution >= 0.6 is 23.8 Å². The van der Waals surface area contributed by atoms with Gasteiger partial charge in [0, 0.05) is 17.1 Å². The van der Waals surface area contributed by atoms with E-state index in [2.05, 4.69) is 22.0 Å². The van der Waals surface area contributed by atoms with Crippen LogP contribution < -0.4 is 10.2 Å². The fraction of sp³-hybridized carbons (Fsp3) is 0.160. The van der Waals surface area contributed by atoms with E-state index in [0.717, 1.165) is 39.2 Å². The molecule has 0 radical (unpaired) electrons. The number of nitrogens with zero attached hydrogens (tertiary/aromatic N) is 2. The summed E-state index contributed by atoms with van der Waals surface area (Å²) in [6, 6.07) is 12.0. The third-order valence-corrected chi connectivity index (χ3v) is 6.20. The number of thiocarbonyl (C=S) groups is 1. The zero-order valence-corrected chi connectivity index (χ0v) is 20.1. The average Bonchev–Trinajstić information content (AvgIpc) is 3.01. The number of rotatable bonds is 3. The molecule has 4 rings (SSSR count). The number of carbonyl (C=O) groups is 2. The van der Waals surface area contributed by atoms with Gasteiger partial charge in [-0.1, -0.05) is 29.3 Å². The fourth-order valence-corrected chi connectivity index (χ4v) is 4.49. The van der Waals surface area contributed by atoms with E-state index >= 15 is 0 Å². The lowest BCUT2D eigenvalue weighted by Crippen LogP contribution is -2.54. The zero-order chi connectivity index (χ0) is 24.0. The quantitative estimate of drug-likeness (QED) is 0.312. The van der Waals surface area contributed by atoms with Crippen LogP contribution in [0.25, 0.3) is 11.8 Å². The van der Waals surface area contributed by atoms with Crippen molar-refractivity contribution >= 4 is 52.5 Å². The molecule has 0 aliphatic carbocycles. The van der Waals surface area contributed by atoms with Gasteiger partial charge in [-0.25, -0.2) is 4.39 Å². The first-order valence-corrected chi connectivity index (χ1v) is 11.0. The summed E-state index contributed by atoms with van der Waals surface area (Å²) >= 11 is 11.1. The number of nitrogens with one attached hydrogen (secondary N) is 1.